The van der Waals surface area contributed by atoms with E-state index in [4.69, 9.17) is 4.74 Å². The van der Waals surface area contributed by atoms with Gasteiger partial charge in [0.1, 0.15) is 12.1 Å². The number of hydrogen-bond donors (Lipinski definition) is 0. The van der Waals surface area contributed by atoms with Gasteiger partial charge in [-0.3, -0.25) is 19.3 Å². The van der Waals surface area contributed by atoms with Gasteiger partial charge in [-0.2, -0.15) is 0 Å². The molecule has 5 nitrogen and oxygen atoms in total. The number of halogens is 1. The van der Waals surface area contributed by atoms with Crippen LogP contribution in [-0.2, 0) is 14.3 Å². The Morgan fingerprint density at radius 3 is 2.65 bits per heavy atom. The summed E-state index contributed by atoms with van der Waals surface area (Å²) in [5.74, 6) is -1.07. The number of ether oxygens (including phenoxy) is 1. The second-order valence-electron chi connectivity index (χ2n) is 5.91. The lowest BCUT2D eigenvalue weighted by Crippen LogP contribution is -2.37. The molecular weight excluding hydrogens is 429 g/mol. The zero-order valence-electron chi connectivity index (χ0n) is 13.0. The number of carbonyl (C=O) groups excluding carboxylic acids is 3. The van der Waals surface area contributed by atoms with Crippen LogP contribution in [0, 0.1) is 3.57 Å². The van der Waals surface area contributed by atoms with E-state index in [0.717, 1.165) is 25.8 Å². The predicted octanol–water partition coefficient (Wildman–Crippen LogP) is 3.67. The maximum Gasteiger partial charge on any atom is 0.326 e. The van der Waals surface area contributed by atoms with Gasteiger partial charge in [0.05, 0.1) is 4.91 Å². The molecule has 0 spiro atoms. The summed E-state index contributed by atoms with van der Waals surface area (Å²) < 4.78 is 6.18. The molecule has 1 aliphatic rings. The Morgan fingerprint density at radius 2 is 2.04 bits per heavy atom. The Balaban J connectivity index is 2.12. The molecule has 1 heterocycles. The summed E-state index contributed by atoms with van der Waals surface area (Å²) in [6.07, 6.45) is 1.65. The highest BCUT2D eigenvalue weighted by atomic mass is 127. The number of amides is 2. The van der Waals surface area contributed by atoms with Crippen molar-refractivity contribution < 1.29 is 19.1 Å². The van der Waals surface area contributed by atoms with E-state index < -0.39 is 22.7 Å². The largest absolute Gasteiger partial charge is 0.459 e. The minimum atomic E-state index is -0.657. The van der Waals surface area contributed by atoms with Crippen molar-refractivity contribution in [2.45, 2.75) is 26.4 Å². The van der Waals surface area contributed by atoms with Crippen LogP contribution in [0.5, 0.6) is 0 Å². The van der Waals surface area contributed by atoms with Gasteiger partial charge in [-0.05, 0) is 78.9 Å². The van der Waals surface area contributed by atoms with Gasteiger partial charge in [0, 0.05) is 3.57 Å². The van der Waals surface area contributed by atoms with Crippen LogP contribution in [0.2, 0.25) is 0 Å². The van der Waals surface area contributed by atoms with Crippen LogP contribution >= 0.6 is 34.4 Å². The number of thioether (sulfide) groups is 1. The Kier molecular flexibility index (Phi) is 5.51. The van der Waals surface area contributed by atoms with Crippen LogP contribution in [0.1, 0.15) is 26.3 Å². The fourth-order valence-electron chi connectivity index (χ4n) is 1.89. The molecule has 2 rings (SSSR count). The number of hydrogen-bond acceptors (Lipinski definition) is 5. The van der Waals surface area contributed by atoms with E-state index in [1.54, 1.807) is 26.8 Å². The first kappa shape index (κ1) is 18.0. The summed E-state index contributed by atoms with van der Waals surface area (Å²) in [5.41, 5.74) is 0.176. The second-order valence-corrected chi connectivity index (χ2v) is 8.15. The highest BCUT2D eigenvalue weighted by Crippen LogP contribution is 2.32. The zero-order chi connectivity index (χ0) is 17.2. The summed E-state index contributed by atoms with van der Waals surface area (Å²) in [6.45, 7) is 4.83. The van der Waals surface area contributed by atoms with E-state index >= 15 is 0 Å². The first-order valence-corrected chi connectivity index (χ1v) is 8.78. The van der Waals surface area contributed by atoms with E-state index in [1.165, 1.54) is 0 Å². The lowest BCUT2D eigenvalue weighted by Gasteiger charge is -2.21. The number of imide groups is 1. The van der Waals surface area contributed by atoms with Gasteiger partial charge in [0.25, 0.3) is 11.1 Å². The lowest BCUT2D eigenvalue weighted by molar-refractivity contribution is -0.156. The predicted molar refractivity (Wildman–Crippen MR) is 97.7 cm³/mol. The molecule has 0 saturated carbocycles. The molecule has 1 fully saturated rings. The molecule has 0 aromatic heterocycles. The van der Waals surface area contributed by atoms with Crippen molar-refractivity contribution in [2.24, 2.45) is 0 Å². The van der Waals surface area contributed by atoms with Gasteiger partial charge >= 0.3 is 5.97 Å². The Hall–Kier alpha value is -1.35. The highest BCUT2D eigenvalue weighted by Gasteiger charge is 2.37. The molecule has 1 aliphatic heterocycles. The van der Waals surface area contributed by atoms with Crippen LogP contribution in [0.15, 0.2) is 29.2 Å². The Labute approximate surface area is 152 Å². The number of rotatable bonds is 3. The maximum atomic E-state index is 12.3. The molecular formula is C16H16INO4S. The molecule has 0 radical (unpaired) electrons. The third-order valence-corrected chi connectivity index (χ3v) is 4.31. The van der Waals surface area contributed by atoms with E-state index in [2.05, 4.69) is 22.6 Å². The highest BCUT2D eigenvalue weighted by molar-refractivity contribution is 14.1. The molecule has 1 aromatic carbocycles. The quantitative estimate of drug-likeness (QED) is 0.404. The van der Waals surface area contributed by atoms with Crippen molar-refractivity contribution in [3.8, 4) is 0 Å². The molecule has 2 amide bonds. The van der Waals surface area contributed by atoms with Crippen molar-refractivity contribution in [1.82, 2.24) is 4.90 Å². The van der Waals surface area contributed by atoms with Gasteiger partial charge in [0.2, 0.25) is 0 Å². The summed E-state index contributed by atoms with van der Waals surface area (Å²) in [5, 5.41) is -0.460. The molecule has 0 aliphatic carbocycles. The van der Waals surface area contributed by atoms with Crippen LogP contribution in [-0.4, -0.2) is 34.2 Å². The van der Waals surface area contributed by atoms with Crippen molar-refractivity contribution >= 4 is 57.5 Å². The normalized spacial score (nSPS) is 17.0. The first-order chi connectivity index (χ1) is 10.7. The topological polar surface area (TPSA) is 63.7 Å². The van der Waals surface area contributed by atoms with Gasteiger partial charge in [-0.25, -0.2) is 0 Å². The molecule has 0 atom stereocenters. The minimum Gasteiger partial charge on any atom is -0.459 e. The minimum absolute atomic E-state index is 0.306. The van der Waals surface area contributed by atoms with Crippen LogP contribution < -0.4 is 0 Å². The standard InChI is InChI=1S/C16H16INO4S/c1-16(2,3)22-13(19)9-18-14(20)12(23-15(18)21)8-10-5-4-6-11(17)7-10/h4-8H,9H2,1-3H3. The molecule has 0 unspecified atom stereocenters. The Bertz CT molecular complexity index is 694. The van der Waals surface area contributed by atoms with Crippen LogP contribution in [0.25, 0.3) is 6.08 Å². The van der Waals surface area contributed by atoms with Gasteiger partial charge in [-0.1, -0.05) is 12.1 Å². The number of carbonyl (C=O) groups is 3. The second kappa shape index (κ2) is 7.04. The van der Waals surface area contributed by atoms with Gasteiger partial charge in [-0.15, -0.1) is 0 Å². The fraction of sp³-hybridized carbons (Fsp3) is 0.312. The third kappa shape index (κ3) is 5.07. The smallest absolute Gasteiger partial charge is 0.326 e. The molecule has 1 saturated heterocycles. The van der Waals surface area contributed by atoms with Crippen molar-refractivity contribution in [3.05, 3.63) is 38.3 Å². The fourth-order valence-corrected chi connectivity index (χ4v) is 3.29. The van der Waals surface area contributed by atoms with Crippen LogP contribution in [0.3, 0.4) is 0 Å². The average Bonchev–Trinajstić information content (AvgIpc) is 2.64. The number of benzene rings is 1. The van der Waals surface area contributed by atoms with Crippen molar-refractivity contribution in [1.29, 1.82) is 0 Å². The van der Waals surface area contributed by atoms with Crippen LogP contribution in [0.4, 0.5) is 4.79 Å². The van der Waals surface area contributed by atoms with E-state index in [1.807, 2.05) is 24.3 Å². The lowest BCUT2D eigenvalue weighted by atomic mass is 10.2. The zero-order valence-corrected chi connectivity index (χ0v) is 15.9. The summed E-state index contributed by atoms with van der Waals surface area (Å²) in [7, 11) is 0. The van der Waals surface area contributed by atoms with Gasteiger partial charge < -0.3 is 4.74 Å². The van der Waals surface area contributed by atoms with Crippen molar-refractivity contribution in [2.75, 3.05) is 6.54 Å². The van der Waals surface area contributed by atoms with E-state index in [-0.39, 0.29) is 6.54 Å². The molecule has 122 valence electrons. The molecule has 0 bridgehead atoms. The average molecular weight is 445 g/mol. The summed E-state index contributed by atoms with van der Waals surface area (Å²) in [6, 6.07) is 7.57. The maximum absolute atomic E-state index is 12.3. The number of esters is 1. The third-order valence-electron chi connectivity index (χ3n) is 2.73. The summed E-state index contributed by atoms with van der Waals surface area (Å²) >= 11 is 3.00. The Morgan fingerprint density at radius 1 is 1.35 bits per heavy atom. The van der Waals surface area contributed by atoms with E-state index in [9.17, 15) is 14.4 Å². The SMILES string of the molecule is CC(C)(C)OC(=O)CN1C(=O)SC(=Cc2cccc(I)c2)C1=O. The number of nitrogens with zero attached hydrogens (tertiary/aromatic N) is 1. The summed E-state index contributed by atoms with van der Waals surface area (Å²) in [4.78, 5) is 37.3. The molecule has 7 heteroatoms. The van der Waals surface area contributed by atoms with Crippen molar-refractivity contribution in [3.63, 3.8) is 0 Å². The monoisotopic (exact) mass is 445 g/mol. The molecule has 1 aromatic rings. The molecule has 0 N–H and O–H groups in total. The van der Waals surface area contributed by atoms with Gasteiger partial charge in [0.15, 0.2) is 0 Å². The first-order valence-electron chi connectivity index (χ1n) is 6.88. The van der Waals surface area contributed by atoms with E-state index in [0.29, 0.717) is 4.91 Å². The molecule has 23 heavy (non-hydrogen) atoms.